The number of halogens is 2. The summed E-state index contributed by atoms with van der Waals surface area (Å²) in [5.41, 5.74) is 7.06. The standard InChI is InChI=1S/C14H17BrN4O.ClH/c15-9-4-5-12-10(6-9)13(19-18-12)14(20)17-11-3-1-2-8(11)7-16;/h4-6,8,11H,1-3,7,16H2,(H,17,20)(H,18,19);1H. The Kier molecular flexibility index (Phi) is 5.24. The fraction of sp³-hybridized carbons (Fsp3) is 0.429. The van der Waals surface area contributed by atoms with Gasteiger partial charge in [0, 0.05) is 15.9 Å². The molecule has 0 radical (unpaired) electrons. The molecule has 2 atom stereocenters. The molecule has 0 saturated heterocycles. The lowest BCUT2D eigenvalue weighted by Crippen LogP contribution is -2.40. The van der Waals surface area contributed by atoms with Crippen LogP contribution in [0.2, 0.25) is 0 Å². The highest BCUT2D eigenvalue weighted by molar-refractivity contribution is 9.10. The highest BCUT2D eigenvalue weighted by Gasteiger charge is 2.28. The Balaban J connectivity index is 0.00000161. The van der Waals surface area contributed by atoms with Gasteiger partial charge in [0.15, 0.2) is 5.69 Å². The zero-order chi connectivity index (χ0) is 14.1. The maximum atomic E-state index is 12.4. The summed E-state index contributed by atoms with van der Waals surface area (Å²) >= 11 is 3.42. The van der Waals surface area contributed by atoms with Crippen LogP contribution >= 0.6 is 28.3 Å². The predicted molar refractivity (Wildman–Crippen MR) is 88.7 cm³/mol. The topological polar surface area (TPSA) is 83.8 Å². The molecule has 0 bridgehead atoms. The van der Waals surface area contributed by atoms with Gasteiger partial charge in [-0.1, -0.05) is 22.4 Å². The van der Waals surface area contributed by atoms with Crippen LogP contribution < -0.4 is 11.1 Å². The van der Waals surface area contributed by atoms with E-state index in [1.165, 1.54) is 0 Å². The van der Waals surface area contributed by atoms with Crippen LogP contribution in [0.5, 0.6) is 0 Å². The van der Waals surface area contributed by atoms with E-state index in [2.05, 4.69) is 31.4 Å². The van der Waals surface area contributed by atoms with Crippen LogP contribution in [0.15, 0.2) is 22.7 Å². The maximum Gasteiger partial charge on any atom is 0.272 e. The summed E-state index contributed by atoms with van der Waals surface area (Å²) in [4.78, 5) is 12.4. The van der Waals surface area contributed by atoms with Crippen molar-refractivity contribution in [1.82, 2.24) is 15.5 Å². The van der Waals surface area contributed by atoms with Gasteiger partial charge in [0.2, 0.25) is 0 Å². The van der Waals surface area contributed by atoms with E-state index in [0.29, 0.717) is 18.2 Å². The number of H-pyrrole nitrogens is 1. The molecule has 1 fully saturated rings. The van der Waals surface area contributed by atoms with Gasteiger partial charge in [-0.2, -0.15) is 5.10 Å². The third-order valence-electron chi connectivity index (χ3n) is 4.02. The number of carbonyl (C=O) groups is 1. The van der Waals surface area contributed by atoms with Crippen molar-refractivity contribution < 1.29 is 4.79 Å². The van der Waals surface area contributed by atoms with E-state index in [1.807, 2.05) is 18.2 Å². The number of rotatable bonds is 3. The van der Waals surface area contributed by atoms with Crippen molar-refractivity contribution in [3.63, 3.8) is 0 Å². The Labute approximate surface area is 137 Å². The third-order valence-corrected chi connectivity index (χ3v) is 4.51. The minimum absolute atomic E-state index is 0. The van der Waals surface area contributed by atoms with Crippen LogP contribution in [0.25, 0.3) is 10.9 Å². The van der Waals surface area contributed by atoms with Gasteiger partial charge in [-0.3, -0.25) is 9.89 Å². The van der Waals surface area contributed by atoms with Gasteiger partial charge in [-0.15, -0.1) is 12.4 Å². The van der Waals surface area contributed by atoms with Crippen molar-refractivity contribution in [3.8, 4) is 0 Å². The number of nitrogens with zero attached hydrogens (tertiary/aromatic N) is 1. The van der Waals surface area contributed by atoms with Crippen molar-refractivity contribution in [2.24, 2.45) is 11.7 Å². The number of aromatic amines is 1. The molecule has 1 aliphatic rings. The summed E-state index contributed by atoms with van der Waals surface area (Å²) in [6, 6.07) is 5.90. The van der Waals surface area contributed by atoms with Crippen molar-refractivity contribution >= 4 is 45.1 Å². The van der Waals surface area contributed by atoms with Crippen LogP contribution in [0.4, 0.5) is 0 Å². The van der Waals surface area contributed by atoms with Crippen molar-refractivity contribution in [3.05, 3.63) is 28.4 Å². The van der Waals surface area contributed by atoms with Crippen molar-refractivity contribution in [2.45, 2.75) is 25.3 Å². The van der Waals surface area contributed by atoms with E-state index in [0.717, 1.165) is 34.6 Å². The van der Waals surface area contributed by atoms with Gasteiger partial charge in [0.25, 0.3) is 5.91 Å². The van der Waals surface area contributed by atoms with Gasteiger partial charge in [0.05, 0.1) is 5.52 Å². The first-order valence-corrected chi connectivity index (χ1v) is 7.63. The molecule has 2 unspecified atom stereocenters. The second-order valence-corrected chi connectivity index (χ2v) is 6.18. The Hall–Kier alpha value is -1.11. The zero-order valence-electron chi connectivity index (χ0n) is 11.4. The highest BCUT2D eigenvalue weighted by Crippen LogP contribution is 2.26. The third kappa shape index (κ3) is 3.22. The molecule has 1 aromatic heterocycles. The summed E-state index contributed by atoms with van der Waals surface area (Å²) in [5, 5.41) is 10.9. The molecule has 1 saturated carbocycles. The average Bonchev–Trinajstić information content (AvgIpc) is 3.04. The fourth-order valence-corrected chi connectivity index (χ4v) is 3.27. The minimum atomic E-state index is -0.125. The lowest BCUT2D eigenvalue weighted by Gasteiger charge is -2.18. The molecule has 1 heterocycles. The molecule has 21 heavy (non-hydrogen) atoms. The number of nitrogens with two attached hydrogens (primary N) is 1. The minimum Gasteiger partial charge on any atom is -0.348 e. The van der Waals surface area contributed by atoms with Crippen LogP contribution in [0.1, 0.15) is 29.8 Å². The van der Waals surface area contributed by atoms with E-state index >= 15 is 0 Å². The summed E-state index contributed by atoms with van der Waals surface area (Å²) in [6.07, 6.45) is 3.22. The zero-order valence-corrected chi connectivity index (χ0v) is 13.8. The number of carbonyl (C=O) groups excluding carboxylic acids is 1. The molecule has 0 spiro atoms. The van der Waals surface area contributed by atoms with Gasteiger partial charge >= 0.3 is 0 Å². The average molecular weight is 374 g/mol. The molecular formula is C14H18BrClN4O. The summed E-state index contributed by atoms with van der Waals surface area (Å²) < 4.78 is 0.932. The number of benzene rings is 1. The number of fused-ring (bicyclic) bond motifs is 1. The lowest BCUT2D eigenvalue weighted by molar-refractivity contribution is 0.0925. The van der Waals surface area contributed by atoms with Gasteiger partial charge < -0.3 is 11.1 Å². The number of hydrogen-bond donors (Lipinski definition) is 3. The first kappa shape index (κ1) is 16.3. The molecule has 2 aromatic rings. The molecule has 5 nitrogen and oxygen atoms in total. The van der Waals surface area contributed by atoms with E-state index in [4.69, 9.17) is 5.73 Å². The van der Waals surface area contributed by atoms with Gasteiger partial charge in [0.1, 0.15) is 0 Å². The highest BCUT2D eigenvalue weighted by atomic mass is 79.9. The van der Waals surface area contributed by atoms with E-state index in [1.54, 1.807) is 0 Å². The van der Waals surface area contributed by atoms with E-state index in [9.17, 15) is 4.79 Å². The Bertz CT molecular complexity index is 645. The molecule has 1 amide bonds. The normalized spacial score (nSPS) is 21.2. The first-order valence-electron chi connectivity index (χ1n) is 6.83. The van der Waals surface area contributed by atoms with Crippen molar-refractivity contribution in [2.75, 3.05) is 6.54 Å². The van der Waals surface area contributed by atoms with Gasteiger partial charge in [-0.05, 0) is 43.5 Å². The van der Waals surface area contributed by atoms with Crippen molar-refractivity contribution in [1.29, 1.82) is 0 Å². The van der Waals surface area contributed by atoms with Gasteiger partial charge in [-0.25, -0.2) is 0 Å². The molecule has 3 rings (SSSR count). The first-order chi connectivity index (χ1) is 9.69. The Morgan fingerprint density at radius 3 is 3.05 bits per heavy atom. The SMILES string of the molecule is Cl.NCC1CCCC1NC(=O)c1n[nH]c2ccc(Br)cc12. The van der Waals surface area contributed by atoms with E-state index < -0.39 is 0 Å². The lowest BCUT2D eigenvalue weighted by atomic mass is 10.0. The molecule has 1 aliphatic carbocycles. The Morgan fingerprint density at radius 2 is 2.29 bits per heavy atom. The largest absolute Gasteiger partial charge is 0.348 e. The maximum absolute atomic E-state index is 12.4. The predicted octanol–water partition coefficient (Wildman–Crippen LogP) is 2.60. The molecule has 0 aliphatic heterocycles. The summed E-state index contributed by atoms with van der Waals surface area (Å²) in [7, 11) is 0. The summed E-state index contributed by atoms with van der Waals surface area (Å²) in [6.45, 7) is 0.623. The van der Waals surface area contributed by atoms with E-state index in [-0.39, 0.29) is 24.4 Å². The molecular weight excluding hydrogens is 356 g/mol. The molecule has 4 N–H and O–H groups in total. The molecule has 7 heteroatoms. The van der Waals surface area contributed by atoms with Crippen LogP contribution in [-0.2, 0) is 0 Å². The van der Waals surface area contributed by atoms with Crippen LogP contribution in [0.3, 0.4) is 0 Å². The Morgan fingerprint density at radius 1 is 1.48 bits per heavy atom. The number of amides is 1. The number of nitrogens with one attached hydrogen (secondary N) is 2. The number of hydrogen-bond acceptors (Lipinski definition) is 3. The van der Waals surface area contributed by atoms with Crippen LogP contribution in [0, 0.1) is 5.92 Å². The second-order valence-electron chi connectivity index (χ2n) is 5.27. The molecule has 114 valence electrons. The molecule has 1 aromatic carbocycles. The van der Waals surface area contributed by atoms with Crippen LogP contribution in [-0.4, -0.2) is 28.7 Å². The smallest absolute Gasteiger partial charge is 0.272 e. The quantitative estimate of drug-likeness (QED) is 0.773. The monoisotopic (exact) mass is 372 g/mol. The second kappa shape index (κ2) is 6.77. The number of aromatic nitrogens is 2. The fourth-order valence-electron chi connectivity index (χ4n) is 2.91. The summed E-state index contributed by atoms with van der Waals surface area (Å²) in [5.74, 6) is 0.260.